The van der Waals surface area contributed by atoms with E-state index in [4.69, 9.17) is 28.6 Å². The summed E-state index contributed by atoms with van der Waals surface area (Å²) in [5.74, 6) is -0.884. The average Bonchev–Trinajstić information content (AvgIpc) is 2.66. The largest absolute Gasteiger partial charge is 0.496 e. The van der Waals surface area contributed by atoms with Crippen molar-refractivity contribution >= 4 is 46.4 Å². The van der Waals surface area contributed by atoms with Crippen LogP contribution in [0.4, 0.5) is 5.69 Å². The summed E-state index contributed by atoms with van der Waals surface area (Å²) in [4.78, 5) is 34.4. The highest BCUT2D eigenvalue weighted by Crippen LogP contribution is 2.25. The first-order chi connectivity index (χ1) is 12.8. The van der Waals surface area contributed by atoms with Crippen molar-refractivity contribution in [2.75, 3.05) is 7.11 Å². The molecule has 27 heavy (non-hydrogen) atoms. The van der Waals surface area contributed by atoms with Crippen molar-refractivity contribution in [3.8, 4) is 5.75 Å². The zero-order chi connectivity index (χ0) is 20.0. The monoisotopic (exact) mass is 408 g/mol. The Morgan fingerprint density at radius 2 is 1.85 bits per heavy atom. The smallest absolute Gasteiger partial charge is 0.288 e. The number of hydrazine groups is 1. The van der Waals surface area contributed by atoms with E-state index in [2.05, 4.69) is 16.2 Å². The quantitative estimate of drug-likeness (QED) is 0.402. The highest BCUT2D eigenvalue weighted by atomic mass is 35.5. The van der Waals surface area contributed by atoms with Crippen LogP contribution in [0.5, 0.6) is 5.75 Å². The van der Waals surface area contributed by atoms with E-state index in [0.717, 1.165) is 6.07 Å². The first-order valence-electron chi connectivity index (χ1n) is 7.32. The van der Waals surface area contributed by atoms with E-state index in [1.807, 2.05) is 0 Å². The van der Waals surface area contributed by atoms with Gasteiger partial charge in [-0.2, -0.15) is 0 Å². The molecule has 9 nitrogen and oxygen atoms in total. The molecule has 0 atom stereocenters. The predicted molar refractivity (Wildman–Crippen MR) is 102 cm³/mol. The molecule has 0 aliphatic rings. The molecule has 0 heterocycles. The lowest BCUT2D eigenvalue weighted by Gasteiger charge is -2.12. The van der Waals surface area contributed by atoms with Crippen LogP contribution in [0.1, 0.15) is 20.7 Å². The van der Waals surface area contributed by atoms with Gasteiger partial charge < -0.3 is 4.74 Å². The van der Waals surface area contributed by atoms with Crippen molar-refractivity contribution in [2.45, 2.75) is 0 Å². The van der Waals surface area contributed by atoms with Gasteiger partial charge in [0.15, 0.2) is 5.11 Å². The summed E-state index contributed by atoms with van der Waals surface area (Å²) in [5, 5.41) is 12.9. The highest BCUT2D eigenvalue weighted by molar-refractivity contribution is 7.80. The minimum absolute atomic E-state index is 0.0219. The number of nitrogens with one attached hydrogen (secondary N) is 3. The van der Waals surface area contributed by atoms with Gasteiger partial charge in [0, 0.05) is 11.6 Å². The summed E-state index contributed by atoms with van der Waals surface area (Å²) in [6.45, 7) is 0. The number of thiocarbonyl (C=S) groups is 1. The zero-order valence-electron chi connectivity index (χ0n) is 13.8. The Morgan fingerprint density at radius 1 is 1.15 bits per heavy atom. The second-order valence-corrected chi connectivity index (χ2v) is 5.80. The molecule has 2 rings (SSSR count). The first-order valence-corrected chi connectivity index (χ1v) is 8.10. The van der Waals surface area contributed by atoms with Gasteiger partial charge in [0.1, 0.15) is 10.8 Å². The van der Waals surface area contributed by atoms with Crippen molar-refractivity contribution < 1.29 is 19.2 Å². The molecule has 140 valence electrons. The SMILES string of the molecule is COc1ccccc1C(=O)NNC(=S)NC(=O)c1ccc(Cl)c([N+](=O)[O-])c1. The van der Waals surface area contributed by atoms with Crippen LogP contribution < -0.4 is 20.9 Å². The second-order valence-electron chi connectivity index (χ2n) is 4.99. The molecule has 0 saturated carbocycles. The number of benzene rings is 2. The van der Waals surface area contributed by atoms with E-state index >= 15 is 0 Å². The summed E-state index contributed by atoms with van der Waals surface area (Å²) in [6.07, 6.45) is 0. The molecule has 3 N–H and O–H groups in total. The van der Waals surface area contributed by atoms with Crippen molar-refractivity contribution in [3.63, 3.8) is 0 Å². The Balaban J connectivity index is 1.97. The maximum atomic E-state index is 12.1. The molecule has 0 aromatic heterocycles. The van der Waals surface area contributed by atoms with Crippen molar-refractivity contribution in [1.29, 1.82) is 0 Å². The Bertz CT molecular complexity index is 921. The van der Waals surface area contributed by atoms with E-state index in [9.17, 15) is 19.7 Å². The standard InChI is InChI=1S/C16H13ClN4O5S/c1-26-13-5-3-2-4-10(13)15(23)19-20-16(27)18-14(22)9-6-7-11(17)12(8-9)21(24)25/h2-8H,1H3,(H,19,23)(H2,18,20,22,27). The van der Waals surface area contributed by atoms with Gasteiger partial charge in [-0.05, 0) is 36.5 Å². The number of rotatable bonds is 4. The maximum absolute atomic E-state index is 12.1. The number of nitro benzene ring substituents is 1. The number of ether oxygens (including phenoxy) is 1. The summed E-state index contributed by atoms with van der Waals surface area (Å²) in [5.41, 5.74) is 4.51. The van der Waals surface area contributed by atoms with Gasteiger partial charge in [-0.3, -0.25) is 35.9 Å². The van der Waals surface area contributed by atoms with Gasteiger partial charge in [-0.1, -0.05) is 23.7 Å². The summed E-state index contributed by atoms with van der Waals surface area (Å²) in [7, 11) is 1.43. The fourth-order valence-electron chi connectivity index (χ4n) is 2.01. The van der Waals surface area contributed by atoms with E-state index in [1.54, 1.807) is 24.3 Å². The van der Waals surface area contributed by atoms with E-state index in [0.29, 0.717) is 5.75 Å². The van der Waals surface area contributed by atoms with E-state index < -0.39 is 22.4 Å². The van der Waals surface area contributed by atoms with Gasteiger partial charge in [0.25, 0.3) is 17.5 Å². The fourth-order valence-corrected chi connectivity index (χ4v) is 2.34. The normalized spacial score (nSPS) is 9.85. The number of carbonyl (C=O) groups is 2. The number of hydrogen-bond acceptors (Lipinski definition) is 6. The third kappa shape index (κ3) is 5.12. The molecule has 0 radical (unpaired) electrons. The number of hydrogen-bond donors (Lipinski definition) is 3. The number of methoxy groups -OCH3 is 1. The molecule has 0 aliphatic carbocycles. The highest BCUT2D eigenvalue weighted by Gasteiger charge is 2.17. The van der Waals surface area contributed by atoms with Crippen LogP contribution >= 0.6 is 23.8 Å². The average molecular weight is 409 g/mol. The molecule has 2 aromatic rings. The van der Waals surface area contributed by atoms with Crippen LogP contribution in [0.25, 0.3) is 0 Å². The molecule has 0 bridgehead atoms. The van der Waals surface area contributed by atoms with Gasteiger partial charge in [-0.25, -0.2) is 0 Å². The summed E-state index contributed by atoms with van der Waals surface area (Å²) in [6, 6.07) is 10.1. The minimum Gasteiger partial charge on any atom is -0.496 e. The summed E-state index contributed by atoms with van der Waals surface area (Å²) >= 11 is 10.6. The van der Waals surface area contributed by atoms with Crippen LogP contribution in [0.3, 0.4) is 0 Å². The van der Waals surface area contributed by atoms with Crippen LogP contribution in [-0.4, -0.2) is 29.0 Å². The fraction of sp³-hybridized carbons (Fsp3) is 0.0625. The first kappa shape index (κ1) is 20.1. The third-order valence-electron chi connectivity index (χ3n) is 3.27. The molecule has 11 heteroatoms. The van der Waals surface area contributed by atoms with E-state index in [1.165, 1.54) is 19.2 Å². The Kier molecular flexibility index (Phi) is 6.63. The van der Waals surface area contributed by atoms with Gasteiger partial charge in [0.05, 0.1) is 17.6 Å². The summed E-state index contributed by atoms with van der Waals surface area (Å²) < 4.78 is 5.08. The molecule has 0 fully saturated rings. The number of nitro groups is 1. The minimum atomic E-state index is -0.709. The predicted octanol–water partition coefficient (Wildman–Crippen LogP) is 2.21. The molecule has 2 aromatic carbocycles. The Morgan fingerprint density at radius 3 is 2.52 bits per heavy atom. The Labute approximate surface area is 163 Å². The molecule has 2 amide bonds. The maximum Gasteiger partial charge on any atom is 0.288 e. The number of carbonyl (C=O) groups excluding carboxylic acids is 2. The number of para-hydroxylation sites is 1. The Hall–Kier alpha value is -3.24. The zero-order valence-corrected chi connectivity index (χ0v) is 15.4. The number of nitrogens with zero attached hydrogens (tertiary/aromatic N) is 1. The molecular formula is C16H13ClN4O5S. The molecule has 0 unspecified atom stereocenters. The molecule has 0 spiro atoms. The lowest BCUT2D eigenvalue weighted by molar-refractivity contribution is -0.384. The van der Waals surface area contributed by atoms with Crippen LogP contribution in [0, 0.1) is 10.1 Å². The van der Waals surface area contributed by atoms with Crippen LogP contribution in [0.15, 0.2) is 42.5 Å². The van der Waals surface area contributed by atoms with Gasteiger partial charge >= 0.3 is 0 Å². The molecule has 0 aliphatic heterocycles. The third-order valence-corrected chi connectivity index (χ3v) is 3.80. The number of amides is 2. The lowest BCUT2D eigenvalue weighted by atomic mass is 10.2. The second kappa shape index (κ2) is 8.92. The van der Waals surface area contributed by atoms with Crippen LogP contribution in [0.2, 0.25) is 5.02 Å². The van der Waals surface area contributed by atoms with Gasteiger partial charge in [-0.15, -0.1) is 0 Å². The van der Waals surface area contributed by atoms with E-state index in [-0.39, 0.29) is 21.3 Å². The van der Waals surface area contributed by atoms with Crippen molar-refractivity contribution in [3.05, 3.63) is 68.7 Å². The topological polar surface area (TPSA) is 123 Å². The number of halogens is 1. The molecule has 0 saturated heterocycles. The molecular weight excluding hydrogens is 396 g/mol. The van der Waals surface area contributed by atoms with Crippen molar-refractivity contribution in [1.82, 2.24) is 16.2 Å². The van der Waals surface area contributed by atoms with Crippen molar-refractivity contribution in [2.24, 2.45) is 0 Å². The lowest BCUT2D eigenvalue weighted by Crippen LogP contribution is -2.48. The van der Waals surface area contributed by atoms with Gasteiger partial charge in [0.2, 0.25) is 0 Å². The van der Waals surface area contributed by atoms with Crippen LogP contribution in [-0.2, 0) is 0 Å².